The van der Waals surface area contributed by atoms with Crippen LogP contribution in [0.4, 0.5) is 5.69 Å². The van der Waals surface area contributed by atoms with E-state index in [1.54, 1.807) is 50.6 Å². The molecule has 0 bridgehead atoms. The Balaban J connectivity index is 1.82. The predicted octanol–water partition coefficient (Wildman–Crippen LogP) is 5.06. The van der Waals surface area contributed by atoms with E-state index in [-0.39, 0.29) is 5.91 Å². The van der Waals surface area contributed by atoms with Crippen LogP contribution in [0, 0.1) is 0 Å². The smallest absolute Gasteiger partial charge is 0.230 e. The molecule has 0 saturated heterocycles. The molecule has 0 atom stereocenters. The highest BCUT2D eigenvalue weighted by Gasteiger charge is 2.16. The molecule has 156 valence electrons. The van der Waals surface area contributed by atoms with Crippen molar-refractivity contribution in [3.8, 4) is 34.5 Å². The number of carbonyl (C=O) groups excluding carboxylic acids is 1. The highest BCUT2D eigenvalue weighted by Crippen LogP contribution is 2.37. The number of rotatable bonds is 6. The first-order valence-electron chi connectivity index (χ1n) is 9.62. The second-order valence-corrected chi connectivity index (χ2v) is 6.75. The van der Waals surface area contributed by atoms with Gasteiger partial charge in [-0.2, -0.15) is 4.98 Å². The molecule has 0 aliphatic heterocycles. The second kappa shape index (κ2) is 8.71. The van der Waals surface area contributed by atoms with Crippen LogP contribution in [0.5, 0.6) is 23.1 Å². The van der Waals surface area contributed by atoms with Gasteiger partial charge in [-0.15, -0.1) is 0 Å². The third-order valence-electron chi connectivity index (χ3n) is 4.59. The largest absolute Gasteiger partial charge is 0.493 e. The van der Waals surface area contributed by atoms with E-state index in [1.807, 2.05) is 30.3 Å². The third-order valence-corrected chi connectivity index (χ3v) is 4.59. The SMILES string of the molecule is COc1cc2nc(-c3ccccc3)nc(Oc3ccc(NC(C)=O)cc3)c2cc1OC. The fraction of sp³-hybridized carbons (Fsp3) is 0.125. The molecule has 3 aromatic carbocycles. The van der Waals surface area contributed by atoms with Gasteiger partial charge < -0.3 is 19.5 Å². The van der Waals surface area contributed by atoms with Crippen molar-refractivity contribution in [2.45, 2.75) is 6.92 Å². The second-order valence-electron chi connectivity index (χ2n) is 6.75. The van der Waals surface area contributed by atoms with Gasteiger partial charge in [0.2, 0.25) is 11.8 Å². The summed E-state index contributed by atoms with van der Waals surface area (Å²) in [6.45, 7) is 1.46. The average molecular weight is 415 g/mol. The molecule has 4 rings (SSSR count). The van der Waals surface area contributed by atoms with Gasteiger partial charge in [0.1, 0.15) is 5.75 Å². The summed E-state index contributed by atoms with van der Waals surface area (Å²) in [5, 5.41) is 3.42. The molecule has 0 fully saturated rings. The fourth-order valence-electron chi connectivity index (χ4n) is 3.14. The number of amides is 1. The number of aromatic nitrogens is 2. The lowest BCUT2D eigenvalue weighted by molar-refractivity contribution is -0.114. The quantitative estimate of drug-likeness (QED) is 0.474. The number of carbonyl (C=O) groups is 1. The zero-order chi connectivity index (χ0) is 21.8. The number of benzene rings is 3. The van der Waals surface area contributed by atoms with Crippen molar-refractivity contribution in [2.24, 2.45) is 0 Å². The average Bonchev–Trinajstić information content (AvgIpc) is 2.79. The van der Waals surface area contributed by atoms with Crippen LogP contribution >= 0.6 is 0 Å². The van der Waals surface area contributed by atoms with Gasteiger partial charge in [-0.1, -0.05) is 30.3 Å². The van der Waals surface area contributed by atoms with Crippen molar-refractivity contribution in [3.63, 3.8) is 0 Å². The van der Waals surface area contributed by atoms with Gasteiger partial charge in [0.25, 0.3) is 0 Å². The first kappa shape index (κ1) is 20.2. The summed E-state index contributed by atoms with van der Waals surface area (Å²) in [4.78, 5) is 20.6. The standard InChI is InChI=1S/C24H21N3O4/c1-15(28)25-17-9-11-18(12-10-17)31-24-19-13-21(29-2)22(30-3)14-20(19)26-23(27-24)16-7-5-4-6-8-16/h4-14H,1-3H3,(H,25,28). The Hall–Kier alpha value is -4.13. The van der Waals surface area contributed by atoms with Crippen LogP contribution in [0.25, 0.3) is 22.3 Å². The van der Waals surface area contributed by atoms with E-state index in [0.29, 0.717) is 45.5 Å². The zero-order valence-corrected chi connectivity index (χ0v) is 17.4. The zero-order valence-electron chi connectivity index (χ0n) is 17.4. The first-order chi connectivity index (χ1) is 15.1. The molecule has 1 amide bonds. The molecule has 1 N–H and O–H groups in total. The maximum Gasteiger partial charge on any atom is 0.230 e. The molecule has 0 spiro atoms. The van der Waals surface area contributed by atoms with Gasteiger partial charge in [0, 0.05) is 24.2 Å². The van der Waals surface area contributed by atoms with Gasteiger partial charge >= 0.3 is 0 Å². The van der Waals surface area contributed by atoms with E-state index in [0.717, 1.165) is 5.56 Å². The lowest BCUT2D eigenvalue weighted by Gasteiger charge is -2.13. The van der Waals surface area contributed by atoms with Gasteiger partial charge in [-0.05, 0) is 30.3 Å². The maximum atomic E-state index is 11.2. The molecule has 0 radical (unpaired) electrons. The van der Waals surface area contributed by atoms with Gasteiger partial charge in [-0.3, -0.25) is 4.79 Å². The summed E-state index contributed by atoms with van der Waals surface area (Å²) in [6.07, 6.45) is 0. The minimum Gasteiger partial charge on any atom is -0.493 e. The molecule has 31 heavy (non-hydrogen) atoms. The first-order valence-corrected chi connectivity index (χ1v) is 9.62. The Bertz CT molecular complexity index is 1230. The van der Waals surface area contributed by atoms with Gasteiger partial charge in [0.05, 0.1) is 25.1 Å². The van der Waals surface area contributed by atoms with Crippen LogP contribution in [-0.4, -0.2) is 30.1 Å². The Morgan fingerprint density at radius 2 is 1.55 bits per heavy atom. The van der Waals surface area contributed by atoms with Crippen molar-refractivity contribution in [1.29, 1.82) is 0 Å². The number of fused-ring (bicyclic) bond motifs is 1. The van der Waals surface area contributed by atoms with Gasteiger partial charge in [0.15, 0.2) is 17.3 Å². The highest BCUT2D eigenvalue weighted by molar-refractivity contribution is 5.89. The van der Waals surface area contributed by atoms with Crippen molar-refractivity contribution in [1.82, 2.24) is 9.97 Å². The van der Waals surface area contributed by atoms with E-state index < -0.39 is 0 Å². The fourth-order valence-corrected chi connectivity index (χ4v) is 3.14. The summed E-state index contributed by atoms with van der Waals surface area (Å²) >= 11 is 0. The molecule has 0 aliphatic rings. The van der Waals surface area contributed by atoms with E-state index in [2.05, 4.69) is 10.3 Å². The summed E-state index contributed by atoms with van der Waals surface area (Å²) < 4.78 is 17.0. The Labute approximate surface area is 179 Å². The Morgan fingerprint density at radius 3 is 2.19 bits per heavy atom. The summed E-state index contributed by atoms with van der Waals surface area (Å²) in [6, 6.07) is 20.3. The van der Waals surface area contributed by atoms with Crippen LogP contribution in [0.2, 0.25) is 0 Å². The normalized spacial score (nSPS) is 10.5. The number of hydrogen-bond acceptors (Lipinski definition) is 6. The molecular formula is C24H21N3O4. The van der Waals surface area contributed by atoms with E-state index in [1.165, 1.54) is 6.92 Å². The number of anilines is 1. The molecule has 0 aliphatic carbocycles. The predicted molar refractivity (Wildman–Crippen MR) is 119 cm³/mol. The Kier molecular flexibility index (Phi) is 5.66. The molecule has 1 aromatic heterocycles. The molecule has 1 heterocycles. The van der Waals surface area contributed by atoms with E-state index in [9.17, 15) is 4.79 Å². The van der Waals surface area contributed by atoms with Crippen LogP contribution < -0.4 is 19.5 Å². The van der Waals surface area contributed by atoms with Crippen molar-refractivity contribution >= 4 is 22.5 Å². The molecule has 4 aromatic rings. The number of hydrogen-bond donors (Lipinski definition) is 1. The van der Waals surface area contributed by atoms with Crippen LogP contribution in [0.1, 0.15) is 6.92 Å². The van der Waals surface area contributed by atoms with Crippen LogP contribution in [0.3, 0.4) is 0 Å². The topological polar surface area (TPSA) is 82.6 Å². The summed E-state index contributed by atoms with van der Waals surface area (Å²) in [7, 11) is 3.15. The van der Waals surface area contributed by atoms with Crippen LogP contribution in [-0.2, 0) is 4.79 Å². The van der Waals surface area contributed by atoms with Crippen molar-refractivity contribution in [3.05, 3.63) is 66.7 Å². The minimum absolute atomic E-state index is 0.135. The monoisotopic (exact) mass is 415 g/mol. The molecule has 0 saturated carbocycles. The minimum atomic E-state index is -0.135. The molecular weight excluding hydrogens is 394 g/mol. The van der Waals surface area contributed by atoms with Crippen LogP contribution in [0.15, 0.2) is 66.7 Å². The Morgan fingerprint density at radius 1 is 0.871 bits per heavy atom. The van der Waals surface area contributed by atoms with Gasteiger partial charge in [-0.25, -0.2) is 4.98 Å². The lowest BCUT2D eigenvalue weighted by Crippen LogP contribution is -2.05. The highest BCUT2D eigenvalue weighted by atomic mass is 16.5. The number of methoxy groups -OCH3 is 2. The number of ether oxygens (including phenoxy) is 3. The van der Waals surface area contributed by atoms with Crippen molar-refractivity contribution < 1.29 is 19.0 Å². The molecule has 0 unspecified atom stereocenters. The summed E-state index contributed by atoms with van der Waals surface area (Å²) in [5.41, 5.74) is 2.21. The van der Waals surface area contributed by atoms with E-state index in [4.69, 9.17) is 19.2 Å². The number of nitrogens with one attached hydrogen (secondary N) is 1. The third kappa shape index (κ3) is 4.40. The summed E-state index contributed by atoms with van der Waals surface area (Å²) in [5.74, 6) is 2.48. The van der Waals surface area contributed by atoms with E-state index >= 15 is 0 Å². The lowest BCUT2D eigenvalue weighted by atomic mass is 10.1. The molecule has 7 heteroatoms. The number of nitrogens with zero attached hydrogens (tertiary/aromatic N) is 2. The molecule has 7 nitrogen and oxygen atoms in total. The van der Waals surface area contributed by atoms with Crippen molar-refractivity contribution in [2.75, 3.05) is 19.5 Å². The maximum absolute atomic E-state index is 11.2.